The molecule has 4 unspecified atom stereocenters. The van der Waals surface area contributed by atoms with Crippen LogP contribution in [0.1, 0.15) is 239 Å². The van der Waals surface area contributed by atoms with Crippen LogP contribution in [-0.4, -0.2) is 142 Å². The lowest BCUT2D eigenvalue weighted by atomic mass is 9.98. The predicted octanol–water partition coefficient (Wildman–Crippen LogP) is 9.33. The molecule has 15 nitrogen and oxygen atoms in total. The highest BCUT2D eigenvalue weighted by Crippen LogP contribution is 2.27. The van der Waals surface area contributed by atoms with E-state index >= 15 is 0 Å². The number of allylic oxidation sites excluding steroid dienone is 2. The van der Waals surface area contributed by atoms with Gasteiger partial charge in [0.05, 0.1) is 19.8 Å². The Morgan fingerprint density at radius 2 is 0.803 bits per heavy atom. The molecule has 2 aliphatic rings. The molecule has 7 N–H and O–H groups in total. The lowest BCUT2D eigenvalue weighted by molar-refractivity contribution is -0.332. The number of carbonyl (C=O) groups is 2. The Labute approximate surface area is 429 Å². The van der Waals surface area contributed by atoms with Gasteiger partial charge in [-0.15, -0.1) is 0 Å². The molecule has 71 heavy (non-hydrogen) atoms. The van der Waals surface area contributed by atoms with Crippen molar-refractivity contribution in [2.24, 2.45) is 0 Å². The van der Waals surface area contributed by atoms with Crippen LogP contribution in [0.5, 0.6) is 0 Å². The van der Waals surface area contributed by atoms with Crippen LogP contribution in [0.3, 0.4) is 0 Å². The van der Waals surface area contributed by atoms with Gasteiger partial charge in [-0.3, -0.25) is 9.59 Å². The fraction of sp³-hybridized carbons (Fsp3) is 0.929. The van der Waals surface area contributed by atoms with E-state index in [1.807, 2.05) is 0 Å². The number of rotatable bonds is 46. The molecule has 0 aromatic carbocycles. The minimum atomic E-state index is -1.76. The molecule has 2 rings (SSSR count). The lowest BCUT2D eigenvalue weighted by Gasteiger charge is -2.42. The van der Waals surface area contributed by atoms with Gasteiger partial charge in [-0.05, 0) is 38.5 Å². The van der Waals surface area contributed by atoms with Crippen LogP contribution in [-0.2, 0) is 38.0 Å². The summed E-state index contributed by atoms with van der Waals surface area (Å²) in [6.45, 7) is 2.62. The second kappa shape index (κ2) is 43.5. The maximum absolute atomic E-state index is 13.0. The minimum absolute atomic E-state index is 0.149. The van der Waals surface area contributed by atoms with E-state index in [4.69, 9.17) is 28.4 Å². The van der Waals surface area contributed by atoms with Gasteiger partial charge < -0.3 is 64.2 Å². The lowest BCUT2D eigenvalue weighted by Crippen LogP contribution is -2.61. The quantitative estimate of drug-likeness (QED) is 0.0171. The Morgan fingerprint density at radius 1 is 0.437 bits per heavy atom. The molecule has 11 atom stereocenters. The summed E-state index contributed by atoms with van der Waals surface area (Å²) in [7, 11) is 0. The molecule has 2 saturated heterocycles. The van der Waals surface area contributed by atoms with E-state index in [2.05, 4.69) is 26.0 Å². The Morgan fingerprint density at radius 3 is 1.25 bits per heavy atom. The maximum Gasteiger partial charge on any atom is 0.306 e. The van der Waals surface area contributed by atoms with E-state index in [-0.39, 0.29) is 26.1 Å². The third-order valence-corrected chi connectivity index (χ3v) is 14.0. The molecular formula is C56H104O15. The van der Waals surface area contributed by atoms with Crippen molar-refractivity contribution >= 4 is 11.9 Å². The molecule has 0 bridgehead atoms. The molecule has 0 aromatic rings. The Bertz CT molecular complexity index is 1290. The predicted molar refractivity (Wildman–Crippen MR) is 275 cm³/mol. The third-order valence-electron chi connectivity index (χ3n) is 14.0. The van der Waals surface area contributed by atoms with Gasteiger partial charge in [0.2, 0.25) is 0 Å². The molecule has 0 aromatic heterocycles. The van der Waals surface area contributed by atoms with E-state index < -0.39 is 92.7 Å². The zero-order valence-corrected chi connectivity index (χ0v) is 44.5. The van der Waals surface area contributed by atoms with Crippen molar-refractivity contribution in [3.63, 3.8) is 0 Å². The zero-order valence-electron chi connectivity index (χ0n) is 44.5. The van der Waals surface area contributed by atoms with Crippen LogP contribution in [0.25, 0.3) is 0 Å². The summed E-state index contributed by atoms with van der Waals surface area (Å²) in [5.41, 5.74) is 0. The Balaban J connectivity index is 1.75. The van der Waals surface area contributed by atoms with E-state index in [1.165, 1.54) is 154 Å². The molecule has 0 aliphatic carbocycles. The molecule has 0 amide bonds. The molecule has 0 saturated carbocycles. The first-order valence-electron chi connectivity index (χ1n) is 28.8. The van der Waals surface area contributed by atoms with Crippen LogP contribution in [0.2, 0.25) is 0 Å². The van der Waals surface area contributed by atoms with Crippen molar-refractivity contribution in [1.29, 1.82) is 0 Å². The van der Waals surface area contributed by atoms with Crippen LogP contribution in [0.4, 0.5) is 0 Å². The van der Waals surface area contributed by atoms with Gasteiger partial charge in [-0.1, -0.05) is 199 Å². The Kier molecular flexibility index (Phi) is 40.0. The minimum Gasteiger partial charge on any atom is -0.462 e. The summed E-state index contributed by atoms with van der Waals surface area (Å²) in [5, 5.41) is 72.2. The Hall–Kier alpha value is -1.76. The van der Waals surface area contributed by atoms with Crippen molar-refractivity contribution in [2.75, 3.05) is 26.4 Å². The van der Waals surface area contributed by atoms with Gasteiger partial charge >= 0.3 is 11.9 Å². The second-order valence-corrected chi connectivity index (χ2v) is 20.5. The highest BCUT2D eigenvalue weighted by molar-refractivity contribution is 5.70. The normalized spacial score (nSPS) is 25.2. The molecule has 0 radical (unpaired) electrons. The highest BCUT2D eigenvalue weighted by atomic mass is 16.7. The SMILES string of the molecule is CCCCCCCCCC/C=C/CCCCCC(=O)O[C@@H](COC(=O)CCCCCCCCCCCCCCCCCCCCCC)CO[C@@H]1O[C@H](CO[C@@H]2O[C@H](CO)[C@H](O)C(O)C2O)[C@H](O)C(O)C1O. The van der Waals surface area contributed by atoms with E-state index in [0.29, 0.717) is 12.8 Å². The van der Waals surface area contributed by atoms with Gasteiger partial charge in [-0.25, -0.2) is 0 Å². The number of esters is 2. The summed E-state index contributed by atoms with van der Waals surface area (Å²) >= 11 is 0. The number of unbranched alkanes of at least 4 members (excludes halogenated alkanes) is 30. The number of ether oxygens (including phenoxy) is 6. The van der Waals surface area contributed by atoms with Gasteiger partial charge in [0, 0.05) is 12.8 Å². The van der Waals surface area contributed by atoms with E-state index in [9.17, 15) is 45.3 Å². The largest absolute Gasteiger partial charge is 0.462 e. The number of aliphatic hydroxyl groups is 7. The first-order valence-corrected chi connectivity index (χ1v) is 28.8. The van der Waals surface area contributed by atoms with Gasteiger partial charge in [0.1, 0.15) is 55.4 Å². The highest BCUT2D eigenvalue weighted by Gasteiger charge is 2.47. The van der Waals surface area contributed by atoms with Gasteiger partial charge in [-0.2, -0.15) is 0 Å². The number of hydrogen-bond acceptors (Lipinski definition) is 15. The van der Waals surface area contributed by atoms with E-state index in [1.54, 1.807) is 0 Å². The molecule has 2 heterocycles. The van der Waals surface area contributed by atoms with Crippen molar-refractivity contribution < 1.29 is 73.8 Å². The monoisotopic (exact) mass is 1020 g/mol. The molecular weight excluding hydrogens is 913 g/mol. The maximum atomic E-state index is 13.0. The number of hydrogen-bond donors (Lipinski definition) is 7. The molecule has 0 spiro atoms. The third kappa shape index (κ3) is 31.0. The summed E-state index contributed by atoms with van der Waals surface area (Å²) in [6, 6.07) is 0. The average Bonchev–Trinajstić information content (AvgIpc) is 3.36. The van der Waals surface area contributed by atoms with Crippen molar-refractivity contribution in [3.8, 4) is 0 Å². The summed E-state index contributed by atoms with van der Waals surface area (Å²) < 4.78 is 33.7. The molecule has 2 fully saturated rings. The standard InChI is InChI=1S/C56H104O15/c1-3-5-7-9-11-13-15-17-19-20-21-22-23-25-26-28-30-32-34-36-38-47(58)66-41-44(69-48(59)39-37-35-33-31-29-27-24-18-16-14-12-10-8-6-4-2)42-67-55-54(65)52(63)50(61)46(71-55)43-68-56-53(64)51(62)49(60)45(40-57)70-56/h27,29,44-46,49-57,60-65H,3-26,28,30-43H2,1-2H3/b29-27+/t44-,45+,46+,49-,50-,51?,52?,53?,54?,55+,56+/m0/s1. The summed E-state index contributed by atoms with van der Waals surface area (Å²) in [5.74, 6) is -0.929. The van der Waals surface area contributed by atoms with E-state index in [0.717, 1.165) is 44.9 Å². The summed E-state index contributed by atoms with van der Waals surface area (Å²) in [6.07, 6.45) is 28.1. The second-order valence-electron chi connectivity index (χ2n) is 20.5. The topological polar surface area (TPSA) is 231 Å². The van der Waals surface area contributed by atoms with Crippen LogP contribution in [0, 0.1) is 0 Å². The molecule has 15 heteroatoms. The van der Waals surface area contributed by atoms with Crippen LogP contribution < -0.4 is 0 Å². The fourth-order valence-corrected chi connectivity index (χ4v) is 9.27. The van der Waals surface area contributed by atoms with Crippen molar-refractivity contribution in [1.82, 2.24) is 0 Å². The van der Waals surface area contributed by atoms with Crippen LogP contribution >= 0.6 is 0 Å². The van der Waals surface area contributed by atoms with Crippen molar-refractivity contribution in [3.05, 3.63) is 12.2 Å². The molecule has 2 aliphatic heterocycles. The summed E-state index contributed by atoms with van der Waals surface area (Å²) in [4.78, 5) is 25.8. The smallest absolute Gasteiger partial charge is 0.306 e. The fourth-order valence-electron chi connectivity index (χ4n) is 9.27. The first-order chi connectivity index (χ1) is 34.5. The zero-order chi connectivity index (χ0) is 51.7. The van der Waals surface area contributed by atoms with Crippen LogP contribution in [0.15, 0.2) is 12.2 Å². The van der Waals surface area contributed by atoms with Gasteiger partial charge in [0.25, 0.3) is 0 Å². The van der Waals surface area contributed by atoms with Gasteiger partial charge in [0.15, 0.2) is 18.7 Å². The first kappa shape index (κ1) is 65.4. The number of aliphatic hydroxyl groups excluding tert-OH is 7. The van der Waals surface area contributed by atoms with Crippen molar-refractivity contribution in [2.45, 2.75) is 306 Å². The molecule has 418 valence electrons. The number of carbonyl (C=O) groups excluding carboxylic acids is 2. The average molecular weight is 1020 g/mol.